The van der Waals surface area contributed by atoms with Crippen LogP contribution in [0.4, 0.5) is 5.82 Å². The van der Waals surface area contributed by atoms with Crippen molar-refractivity contribution >= 4 is 28.9 Å². The number of hydrogen-bond donors (Lipinski definition) is 2. The second-order valence-corrected chi connectivity index (χ2v) is 11.7. The molecule has 0 saturated heterocycles. The molecule has 2 saturated carbocycles. The lowest BCUT2D eigenvalue weighted by Crippen LogP contribution is -2.36. The molecule has 1 aliphatic heterocycles. The maximum absolute atomic E-state index is 13.3. The standard InChI is InChI=1S/C34H37N5O2/c1-22-33(40)30(29-20-26(34(35)41)10-11-31(29)38-22)21-37-32-7-4-16-39(32)28-18-24(9-8-23-12-14-36-15-13-23)17-27(19-28)25-5-2-3-6-25/h4,7,12-18,22,25-27,37H,2-3,5-6,10-11,19-21H2,1H3,(H2,35,41). The van der Waals surface area contributed by atoms with Gasteiger partial charge in [0.15, 0.2) is 5.78 Å². The highest BCUT2D eigenvalue weighted by Gasteiger charge is 2.34. The maximum atomic E-state index is 13.3. The van der Waals surface area contributed by atoms with Gasteiger partial charge in [-0.3, -0.25) is 19.6 Å². The van der Waals surface area contributed by atoms with Gasteiger partial charge in [0.05, 0.1) is 0 Å². The molecule has 3 heterocycles. The number of nitrogens with two attached hydrogens (primary N) is 1. The molecule has 4 aliphatic rings. The summed E-state index contributed by atoms with van der Waals surface area (Å²) in [5, 5.41) is 3.56. The average Bonchev–Trinajstić information content (AvgIpc) is 3.70. The molecule has 0 radical (unpaired) electrons. The molecule has 1 amide bonds. The number of nitrogens with zero attached hydrogens (tertiary/aromatic N) is 3. The number of pyridine rings is 1. The van der Waals surface area contributed by atoms with Gasteiger partial charge in [0.1, 0.15) is 11.9 Å². The fourth-order valence-electron chi connectivity index (χ4n) is 6.78. The first-order valence-corrected chi connectivity index (χ1v) is 14.8. The molecule has 2 aromatic heterocycles. The number of carbonyl (C=O) groups excluding carboxylic acids is 2. The number of ketones is 1. The van der Waals surface area contributed by atoms with Gasteiger partial charge in [0.25, 0.3) is 0 Å². The predicted octanol–water partition coefficient (Wildman–Crippen LogP) is 5.32. The highest BCUT2D eigenvalue weighted by Crippen LogP contribution is 2.40. The number of aliphatic imine (C=N–C) groups is 1. The van der Waals surface area contributed by atoms with Gasteiger partial charge in [-0.1, -0.05) is 30.8 Å². The minimum atomic E-state index is -0.401. The summed E-state index contributed by atoms with van der Waals surface area (Å²) in [7, 11) is 0. The van der Waals surface area contributed by atoms with Crippen LogP contribution in [0, 0.1) is 29.6 Å². The molecule has 3 N–H and O–H groups in total. The average molecular weight is 548 g/mol. The molecule has 41 heavy (non-hydrogen) atoms. The lowest BCUT2D eigenvalue weighted by molar-refractivity contribution is -0.122. The van der Waals surface area contributed by atoms with Crippen molar-refractivity contribution in [3.63, 3.8) is 0 Å². The van der Waals surface area contributed by atoms with Crippen LogP contribution in [-0.2, 0) is 9.59 Å². The van der Waals surface area contributed by atoms with E-state index >= 15 is 0 Å². The summed E-state index contributed by atoms with van der Waals surface area (Å²) in [5.41, 5.74) is 11.4. The van der Waals surface area contributed by atoms with Gasteiger partial charge in [0, 0.05) is 59.2 Å². The Morgan fingerprint density at radius 3 is 2.71 bits per heavy atom. The zero-order valence-corrected chi connectivity index (χ0v) is 23.6. The van der Waals surface area contributed by atoms with Crippen molar-refractivity contribution in [3.8, 4) is 11.8 Å². The molecule has 0 aromatic carbocycles. The first kappa shape index (κ1) is 27.0. The van der Waals surface area contributed by atoms with Gasteiger partial charge in [-0.25, -0.2) is 0 Å². The first-order chi connectivity index (χ1) is 20.0. The van der Waals surface area contributed by atoms with E-state index in [0.29, 0.717) is 37.6 Å². The Morgan fingerprint density at radius 1 is 1.12 bits per heavy atom. The molecule has 6 rings (SSSR count). The lowest BCUT2D eigenvalue weighted by Gasteiger charge is -2.31. The van der Waals surface area contributed by atoms with E-state index in [9.17, 15) is 9.59 Å². The summed E-state index contributed by atoms with van der Waals surface area (Å²) < 4.78 is 2.20. The van der Waals surface area contributed by atoms with Crippen LogP contribution >= 0.6 is 0 Å². The summed E-state index contributed by atoms with van der Waals surface area (Å²) in [6, 6.07) is 7.55. The van der Waals surface area contributed by atoms with Gasteiger partial charge in [0.2, 0.25) is 5.91 Å². The normalized spacial score (nSPS) is 24.6. The van der Waals surface area contributed by atoms with Crippen LogP contribution in [-0.4, -0.2) is 39.5 Å². The summed E-state index contributed by atoms with van der Waals surface area (Å²) >= 11 is 0. The van der Waals surface area contributed by atoms with Crippen LogP contribution < -0.4 is 11.1 Å². The number of Topliss-reactive ketones (excluding diaryl/α,β-unsaturated/α-hetero) is 1. The van der Waals surface area contributed by atoms with Gasteiger partial charge >= 0.3 is 0 Å². The van der Waals surface area contributed by atoms with Gasteiger partial charge in [-0.05, 0) is 93.2 Å². The highest BCUT2D eigenvalue weighted by atomic mass is 16.1. The SMILES string of the molecule is CC1N=C2CCC(C(N)=O)CC2=C(CNc2cccn2C2=CC(C#Cc3ccncc3)=CC(C3CCCC3)C2)C1=O. The summed E-state index contributed by atoms with van der Waals surface area (Å²) in [4.78, 5) is 34.0. The van der Waals surface area contributed by atoms with Crippen LogP contribution in [0.2, 0.25) is 0 Å². The fraction of sp³-hybridized carbons (Fsp3) is 0.412. The monoisotopic (exact) mass is 547 g/mol. The number of rotatable bonds is 6. The molecule has 3 unspecified atom stereocenters. The quantitative estimate of drug-likeness (QED) is 0.478. The maximum Gasteiger partial charge on any atom is 0.220 e. The third kappa shape index (κ3) is 5.83. The highest BCUT2D eigenvalue weighted by molar-refractivity contribution is 6.15. The van der Waals surface area contributed by atoms with Crippen molar-refractivity contribution in [2.24, 2.45) is 28.5 Å². The molecule has 0 bridgehead atoms. The summed E-state index contributed by atoms with van der Waals surface area (Å²) in [5.74, 6) is 8.25. The van der Waals surface area contributed by atoms with Crippen molar-refractivity contribution in [1.82, 2.24) is 9.55 Å². The molecule has 0 spiro atoms. The van der Waals surface area contributed by atoms with E-state index in [0.717, 1.165) is 40.2 Å². The molecule has 3 aliphatic carbocycles. The van der Waals surface area contributed by atoms with E-state index in [4.69, 9.17) is 5.73 Å². The van der Waals surface area contributed by atoms with E-state index in [1.54, 1.807) is 12.4 Å². The van der Waals surface area contributed by atoms with Crippen molar-refractivity contribution in [2.75, 3.05) is 11.9 Å². The van der Waals surface area contributed by atoms with Gasteiger partial charge in [-0.2, -0.15) is 0 Å². The Morgan fingerprint density at radius 2 is 1.93 bits per heavy atom. The molecule has 3 atom stereocenters. The Balaban J connectivity index is 1.27. The van der Waals surface area contributed by atoms with E-state index in [1.807, 2.05) is 25.1 Å². The molecule has 2 fully saturated rings. The summed E-state index contributed by atoms with van der Waals surface area (Å²) in [6.07, 6.45) is 18.1. The Bertz CT molecular complexity index is 1530. The lowest BCUT2D eigenvalue weighted by atomic mass is 9.78. The molecular formula is C34H37N5O2. The minimum absolute atomic E-state index is 0.0225. The zero-order valence-electron chi connectivity index (χ0n) is 23.6. The molecule has 7 nitrogen and oxygen atoms in total. The van der Waals surface area contributed by atoms with Crippen molar-refractivity contribution in [3.05, 3.63) is 77.3 Å². The second-order valence-electron chi connectivity index (χ2n) is 11.7. The van der Waals surface area contributed by atoms with Crippen LogP contribution in [0.3, 0.4) is 0 Å². The smallest absolute Gasteiger partial charge is 0.220 e. The number of allylic oxidation sites excluding steroid dienone is 5. The number of amides is 1. The van der Waals surface area contributed by atoms with Crippen LogP contribution in [0.5, 0.6) is 0 Å². The predicted molar refractivity (Wildman–Crippen MR) is 162 cm³/mol. The third-order valence-corrected chi connectivity index (χ3v) is 9.02. The third-order valence-electron chi connectivity index (χ3n) is 9.02. The Hall–Kier alpha value is -4.18. The van der Waals surface area contributed by atoms with Crippen molar-refractivity contribution in [2.45, 2.75) is 64.3 Å². The van der Waals surface area contributed by atoms with E-state index in [1.165, 1.54) is 31.4 Å². The Kier molecular flexibility index (Phi) is 7.74. The van der Waals surface area contributed by atoms with Crippen molar-refractivity contribution in [1.29, 1.82) is 0 Å². The number of nitrogens with one attached hydrogen (secondary N) is 1. The number of hydrogen-bond acceptors (Lipinski definition) is 5. The largest absolute Gasteiger partial charge is 0.369 e. The number of aromatic nitrogens is 2. The van der Waals surface area contributed by atoms with Crippen LogP contribution in [0.25, 0.3) is 5.70 Å². The van der Waals surface area contributed by atoms with Crippen LogP contribution in [0.15, 0.2) is 76.7 Å². The number of primary amides is 1. The van der Waals surface area contributed by atoms with Crippen molar-refractivity contribution < 1.29 is 9.59 Å². The number of dihydropyridines is 1. The number of anilines is 1. The summed E-state index contributed by atoms with van der Waals surface area (Å²) in [6.45, 7) is 2.24. The first-order valence-electron chi connectivity index (χ1n) is 14.8. The van der Waals surface area contributed by atoms with Crippen LogP contribution in [0.1, 0.15) is 63.9 Å². The second kappa shape index (κ2) is 11.7. The fourth-order valence-corrected chi connectivity index (χ4v) is 6.78. The number of fused-ring (bicyclic) bond motifs is 1. The van der Waals surface area contributed by atoms with E-state index in [-0.39, 0.29) is 17.6 Å². The van der Waals surface area contributed by atoms with E-state index < -0.39 is 6.04 Å². The topological polar surface area (TPSA) is 102 Å². The molecule has 2 aromatic rings. The Labute approximate surface area is 241 Å². The zero-order chi connectivity index (χ0) is 28.3. The molecule has 210 valence electrons. The minimum Gasteiger partial charge on any atom is -0.369 e. The molecule has 7 heteroatoms. The molecular weight excluding hydrogens is 510 g/mol. The van der Waals surface area contributed by atoms with Gasteiger partial charge in [-0.15, -0.1) is 0 Å². The van der Waals surface area contributed by atoms with Gasteiger partial charge < -0.3 is 15.6 Å². The number of carbonyl (C=O) groups is 2. The van der Waals surface area contributed by atoms with E-state index in [2.05, 4.69) is 56.1 Å².